The van der Waals surface area contributed by atoms with Crippen LogP contribution in [0.15, 0.2) is 35.7 Å². The van der Waals surface area contributed by atoms with E-state index in [4.69, 9.17) is 5.73 Å². The van der Waals surface area contributed by atoms with Gasteiger partial charge in [-0.3, -0.25) is 0 Å². The van der Waals surface area contributed by atoms with E-state index in [0.717, 1.165) is 10.4 Å². The Morgan fingerprint density at radius 1 is 1.39 bits per heavy atom. The van der Waals surface area contributed by atoms with Crippen molar-refractivity contribution in [2.75, 3.05) is 0 Å². The highest BCUT2D eigenvalue weighted by Crippen LogP contribution is 2.26. The third kappa shape index (κ3) is 2.41. The van der Waals surface area contributed by atoms with Crippen molar-refractivity contribution >= 4 is 22.6 Å². The zero-order valence-electron chi connectivity index (χ0n) is 9.77. The van der Waals surface area contributed by atoms with Crippen LogP contribution in [-0.4, -0.2) is 0 Å². The second-order valence-corrected chi connectivity index (χ2v) is 4.84. The molecule has 0 radical (unpaired) electrons. The van der Waals surface area contributed by atoms with E-state index < -0.39 is 0 Å². The lowest BCUT2D eigenvalue weighted by atomic mass is 10.0. The summed E-state index contributed by atoms with van der Waals surface area (Å²) in [6.07, 6.45) is 0. The van der Waals surface area contributed by atoms with Crippen molar-refractivity contribution in [3.05, 3.63) is 57.5 Å². The van der Waals surface area contributed by atoms with E-state index >= 15 is 0 Å². The Hall–Kier alpha value is -2.12. The zero-order chi connectivity index (χ0) is 13.1. The fraction of sp³-hybridized carbons (Fsp3) is 0.0714. The second kappa shape index (κ2) is 5.03. The number of halogens is 1. The lowest BCUT2D eigenvalue weighted by molar-refractivity contribution is 0.626. The van der Waals surface area contributed by atoms with E-state index in [1.807, 2.05) is 17.5 Å². The summed E-state index contributed by atoms with van der Waals surface area (Å²) in [6.45, 7) is 1.79. The number of benzene rings is 1. The van der Waals surface area contributed by atoms with Crippen molar-refractivity contribution in [3.63, 3.8) is 0 Å². The summed E-state index contributed by atoms with van der Waals surface area (Å²) >= 11 is 1.43. The number of nitrogens with two attached hydrogens (primary N) is 1. The van der Waals surface area contributed by atoms with Crippen molar-refractivity contribution in [1.82, 2.24) is 0 Å². The lowest BCUT2D eigenvalue weighted by Crippen LogP contribution is -2.01. The molecule has 0 aliphatic rings. The lowest BCUT2D eigenvalue weighted by Gasteiger charge is -2.06. The van der Waals surface area contributed by atoms with Crippen LogP contribution in [0.2, 0.25) is 0 Å². The zero-order valence-corrected chi connectivity index (χ0v) is 10.6. The monoisotopic (exact) mass is 258 g/mol. The molecule has 2 rings (SSSR count). The number of hydrogen-bond acceptors (Lipinski definition) is 3. The number of hydrogen-bond donors (Lipinski definition) is 1. The molecule has 0 spiro atoms. The molecule has 1 heterocycles. The maximum atomic E-state index is 13.3. The van der Waals surface area contributed by atoms with Crippen LogP contribution in [0.25, 0.3) is 11.3 Å². The molecule has 0 saturated carbocycles. The third-order valence-corrected chi connectivity index (χ3v) is 3.39. The van der Waals surface area contributed by atoms with Crippen LogP contribution in [0.5, 0.6) is 0 Å². The predicted octanol–water partition coefficient (Wildman–Crippen LogP) is 3.55. The minimum Gasteiger partial charge on any atom is -0.397 e. The first-order valence-electron chi connectivity index (χ1n) is 5.33. The largest absolute Gasteiger partial charge is 0.397 e. The Bertz CT molecular complexity index is 616. The van der Waals surface area contributed by atoms with Crippen molar-refractivity contribution < 1.29 is 4.39 Å². The molecule has 4 heteroatoms. The van der Waals surface area contributed by atoms with Crippen molar-refractivity contribution in [2.24, 2.45) is 5.73 Å². The summed E-state index contributed by atoms with van der Waals surface area (Å²) in [6, 6.07) is 10.3. The quantitative estimate of drug-likeness (QED) is 0.837. The molecular formula is C14H11FN2S. The van der Waals surface area contributed by atoms with Crippen LogP contribution in [-0.2, 0) is 0 Å². The Morgan fingerprint density at radius 2 is 2.17 bits per heavy atom. The van der Waals surface area contributed by atoms with E-state index in [2.05, 4.69) is 6.07 Å². The maximum Gasteiger partial charge on any atom is 0.124 e. The maximum absolute atomic E-state index is 13.3. The minimum atomic E-state index is -0.351. The van der Waals surface area contributed by atoms with Crippen molar-refractivity contribution in [2.45, 2.75) is 6.92 Å². The van der Waals surface area contributed by atoms with Crippen LogP contribution < -0.4 is 5.73 Å². The first-order valence-corrected chi connectivity index (χ1v) is 6.21. The molecule has 2 N–H and O–H groups in total. The molecule has 0 aliphatic carbocycles. The molecule has 0 atom stereocenters. The number of aryl methyl sites for hydroxylation is 1. The van der Waals surface area contributed by atoms with Crippen LogP contribution in [0.1, 0.15) is 16.0 Å². The topological polar surface area (TPSA) is 49.8 Å². The molecule has 1 aromatic carbocycles. The molecule has 2 nitrogen and oxygen atoms in total. The molecule has 18 heavy (non-hydrogen) atoms. The summed E-state index contributed by atoms with van der Waals surface area (Å²) in [5, 5.41) is 11.1. The number of nitriles is 1. The average Bonchev–Trinajstić information content (AvgIpc) is 2.82. The van der Waals surface area contributed by atoms with Gasteiger partial charge in [-0.1, -0.05) is 6.07 Å². The Balaban J connectivity index is 2.58. The molecule has 2 aromatic rings. The highest BCUT2D eigenvalue weighted by molar-refractivity contribution is 7.11. The second-order valence-electron chi connectivity index (χ2n) is 3.90. The van der Waals surface area contributed by atoms with Gasteiger partial charge in [0.05, 0.1) is 11.3 Å². The van der Waals surface area contributed by atoms with Gasteiger partial charge < -0.3 is 5.73 Å². The van der Waals surface area contributed by atoms with Crippen LogP contribution in [0, 0.1) is 24.1 Å². The standard InChI is InChI=1S/C14H11FN2S/c1-9-5-10(7-11(15)6-9)14(17)12(8-16)13-3-2-4-18-13/h2-7H,17H2,1H3/b14-12+. The van der Waals surface area contributed by atoms with Gasteiger partial charge in [-0.25, -0.2) is 4.39 Å². The molecule has 0 fully saturated rings. The summed E-state index contributed by atoms with van der Waals surface area (Å²) in [5.74, 6) is -0.351. The SMILES string of the molecule is Cc1cc(F)cc(/C(N)=C(/C#N)c2cccs2)c1. The summed E-state index contributed by atoms with van der Waals surface area (Å²) in [5.41, 5.74) is 7.98. The van der Waals surface area contributed by atoms with Gasteiger partial charge in [0.2, 0.25) is 0 Å². The number of thiophene rings is 1. The van der Waals surface area contributed by atoms with Gasteiger partial charge in [0, 0.05) is 10.4 Å². The number of nitrogens with zero attached hydrogens (tertiary/aromatic N) is 1. The van der Waals surface area contributed by atoms with Gasteiger partial charge in [-0.05, 0) is 42.1 Å². The van der Waals surface area contributed by atoms with E-state index in [-0.39, 0.29) is 5.82 Å². The van der Waals surface area contributed by atoms with E-state index in [9.17, 15) is 9.65 Å². The van der Waals surface area contributed by atoms with Crippen molar-refractivity contribution in [1.29, 1.82) is 5.26 Å². The van der Waals surface area contributed by atoms with E-state index in [1.54, 1.807) is 13.0 Å². The fourth-order valence-electron chi connectivity index (χ4n) is 1.71. The molecule has 90 valence electrons. The van der Waals surface area contributed by atoms with Crippen LogP contribution >= 0.6 is 11.3 Å². The van der Waals surface area contributed by atoms with Gasteiger partial charge in [0.1, 0.15) is 11.9 Å². The molecule has 0 aliphatic heterocycles. The Labute approximate surface area is 109 Å². The first kappa shape index (κ1) is 12.3. The van der Waals surface area contributed by atoms with E-state index in [1.165, 1.54) is 23.5 Å². The number of rotatable bonds is 2. The smallest absolute Gasteiger partial charge is 0.124 e. The molecule has 0 bridgehead atoms. The van der Waals surface area contributed by atoms with Crippen LogP contribution in [0.4, 0.5) is 4.39 Å². The molecule has 0 unspecified atom stereocenters. The average molecular weight is 258 g/mol. The van der Waals surface area contributed by atoms with Gasteiger partial charge in [0.25, 0.3) is 0 Å². The van der Waals surface area contributed by atoms with Gasteiger partial charge in [0.15, 0.2) is 0 Å². The van der Waals surface area contributed by atoms with Gasteiger partial charge >= 0.3 is 0 Å². The molecule has 1 aromatic heterocycles. The highest BCUT2D eigenvalue weighted by Gasteiger charge is 2.10. The third-order valence-electron chi connectivity index (χ3n) is 2.50. The minimum absolute atomic E-state index is 0.308. The fourth-order valence-corrected chi connectivity index (χ4v) is 2.44. The van der Waals surface area contributed by atoms with Crippen LogP contribution in [0.3, 0.4) is 0 Å². The molecule has 0 saturated heterocycles. The van der Waals surface area contributed by atoms with Gasteiger partial charge in [-0.2, -0.15) is 5.26 Å². The first-order chi connectivity index (χ1) is 8.61. The predicted molar refractivity (Wildman–Crippen MR) is 72.1 cm³/mol. The highest BCUT2D eigenvalue weighted by atomic mass is 32.1. The number of allylic oxidation sites excluding steroid dienone is 1. The Morgan fingerprint density at radius 3 is 2.72 bits per heavy atom. The Kier molecular flexibility index (Phi) is 3.45. The summed E-state index contributed by atoms with van der Waals surface area (Å²) < 4.78 is 13.3. The molecule has 0 amide bonds. The normalized spacial score (nSPS) is 11.8. The summed E-state index contributed by atoms with van der Waals surface area (Å²) in [4.78, 5) is 0.789. The summed E-state index contributed by atoms with van der Waals surface area (Å²) in [7, 11) is 0. The molecular weight excluding hydrogens is 247 g/mol. The van der Waals surface area contributed by atoms with Gasteiger partial charge in [-0.15, -0.1) is 11.3 Å². The van der Waals surface area contributed by atoms with Crippen molar-refractivity contribution in [3.8, 4) is 6.07 Å². The van der Waals surface area contributed by atoms with E-state index in [0.29, 0.717) is 16.8 Å².